The molecule has 3 aromatic rings. The molecule has 3 heterocycles. The predicted molar refractivity (Wildman–Crippen MR) is 122 cm³/mol. The van der Waals surface area contributed by atoms with Crippen LogP contribution in [0.15, 0.2) is 55.0 Å². The summed E-state index contributed by atoms with van der Waals surface area (Å²) in [5.74, 6) is 0.494. The minimum absolute atomic E-state index is 0.00436. The highest BCUT2D eigenvalue weighted by Crippen LogP contribution is 2.24. The first-order chi connectivity index (χ1) is 15.1. The fourth-order valence-corrected chi connectivity index (χ4v) is 3.47. The second-order valence-electron chi connectivity index (χ2n) is 7.78. The van der Waals surface area contributed by atoms with Crippen molar-refractivity contribution in [2.75, 3.05) is 50.4 Å². The molecule has 4 rings (SSSR count). The van der Waals surface area contributed by atoms with E-state index in [9.17, 15) is 4.79 Å². The van der Waals surface area contributed by atoms with Gasteiger partial charge in [-0.3, -0.25) is 14.7 Å². The van der Waals surface area contributed by atoms with Crippen molar-refractivity contribution in [3.63, 3.8) is 0 Å². The minimum atomic E-state index is -0.00436. The van der Waals surface area contributed by atoms with Crippen LogP contribution in [0.3, 0.4) is 0 Å². The molecule has 0 unspecified atom stereocenters. The Labute approximate surface area is 182 Å². The lowest BCUT2D eigenvalue weighted by molar-refractivity contribution is -0.117. The van der Waals surface area contributed by atoms with Crippen molar-refractivity contribution in [3.8, 4) is 11.3 Å². The molecule has 0 bridgehead atoms. The summed E-state index contributed by atoms with van der Waals surface area (Å²) in [6.45, 7) is 6.22. The molecule has 0 radical (unpaired) electrons. The van der Waals surface area contributed by atoms with Gasteiger partial charge in [-0.15, -0.1) is 0 Å². The maximum Gasteiger partial charge on any atom is 0.238 e. The van der Waals surface area contributed by atoms with E-state index in [1.165, 1.54) is 0 Å². The molecule has 1 aromatic carbocycles. The van der Waals surface area contributed by atoms with E-state index in [-0.39, 0.29) is 5.91 Å². The highest BCUT2D eigenvalue weighted by Gasteiger charge is 2.16. The predicted octanol–water partition coefficient (Wildman–Crippen LogP) is 2.78. The van der Waals surface area contributed by atoms with Crippen LogP contribution in [0.25, 0.3) is 11.3 Å². The van der Waals surface area contributed by atoms with Gasteiger partial charge in [-0.25, -0.2) is 9.97 Å². The molecule has 160 valence electrons. The lowest BCUT2D eigenvalue weighted by Crippen LogP contribution is -2.47. The number of nitrogens with zero attached hydrogens (tertiary/aromatic N) is 5. The van der Waals surface area contributed by atoms with Crippen LogP contribution in [-0.2, 0) is 4.79 Å². The van der Waals surface area contributed by atoms with Gasteiger partial charge in [-0.1, -0.05) is 6.07 Å². The Morgan fingerprint density at radius 2 is 1.81 bits per heavy atom. The first-order valence-corrected chi connectivity index (χ1v) is 10.4. The van der Waals surface area contributed by atoms with Crippen molar-refractivity contribution in [2.24, 2.45) is 0 Å². The number of carbonyl (C=O) groups excluding carboxylic acids is 1. The summed E-state index contributed by atoms with van der Waals surface area (Å²) in [6, 6.07) is 11.5. The summed E-state index contributed by atoms with van der Waals surface area (Å²) >= 11 is 0. The van der Waals surface area contributed by atoms with Gasteiger partial charge in [-0.05, 0) is 49.9 Å². The second-order valence-corrected chi connectivity index (χ2v) is 7.78. The van der Waals surface area contributed by atoms with E-state index in [0.717, 1.165) is 54.4 Å². The monoisotopic (exact) mass is 417 g/mol. The van der Waals surface area contributed by atoms with Crippen molar-refractivity contribution < 1.29 is 4.79 Å². The summed E-state index contributed by atoms with van der Waals surface area (Å²) in [6.07, 6.45) is 5.20. The normalized spacial score (nSPS) is 14.9. The molecule has 0 aliphatic carbocycles. The van der Waals surface area contributed by atoms with Crippen molar-refractivity contribution in [2.45, 2.75) is 6.92 Å². The van der Waals surface area contributed by atoms with Crippen LogP contribution in [-0.4, -0.2) is 70.4 Å². The van der Waals surface area contributed by atoms with E-state index in [0.29, 0.717) is 12.5 Å². The van der Waals surface area contributed by atoms with Gasteiger partial charge in [0.25, 0.3) is 0 Å². The first kappa shape index (κ1) is 20.9. The number of pyridine rings is 1. The van der Waals surface area contributed by atoms with Crippen LogP contribution in [0, 0.1) is 6.92 Å². The molecule has 1 saturated heterocycles. The number of aryl methyl sites for hydroxylation is 1. The second kappa shape index (κ2) is 9.63. The number of hydrogen-bond acceptors (Lipinski definition) is 7. The molecular weight excluding hydrogens is 390 g/mol. The van der Waals surface area contributed by atoms with Crippen LogP contribution in [0.5, 0.6) is 0 Å². The average molecular weight is 418 g/mol. The quantitative estimate of drug-likeness (QED) is 0.638. The van der Waals surface area contributed by atoms with Gasteiger partial charge in [0, 0.05) is 61.7 Å². The van der Waals surface area contributed by atoms with Gasteiger partial charge in [0.2, 0.25) is 11.9 Å². The summed E-state index contributed by atoms with van der Waals surface area (Å²) < 4.78 is 0. The van der Waals surface area contributed by atoms with Gasteiger partial charge >= 0.3 is 0 Å². The van der Waals surface area contributed by atoms with Crippen molar-refractivity contribution in [1.29, 1.82) is 0 Å². The smallest absolute Gasteiger partial charge is 0.238 e. The maximum atomic E-state index is 12.5. The number of rotatable bonds is 6. The van der Waals surface area contributed by atoms with Gasteiger partial charge in [0.05, 0.1) is 12.2 Å². The van der Waals surface area contributed by atoms with E-state index < -0.39 is 0 Å². The lowest BCUT2D eigenvalue weighted by Gasteiger charge is -2.31. The van der Waals surface area contributed by atoms with Gasteiger partial charge in [0.15, 0.2) is 0 Å². The fraction of sp³-hybridized carbons (Fsp3) is 0.304. The number of piperazine rings is 1. The number of likely N-dealkylation sites (N-methyl/N-ethyl adjacent to an activating group) is 1. The highest BCUT2D eigenvalue weighted by molar-refractivity contribution is 5.93. The fourth-order valence-electron chi connectivity index (χ4n) is 3.47. The summed E-state index contributed by atoms with van der Waals surface area (Å²) in [5.41, 5.74) is 4.42. The zero-order valence-corrected chi connectivity index (χ0v) is 17.9. The van der Waals surface area contributed by atoms with Crippen LogP contribution in [0.2, 0.25) is 0 Å². The molecule has 2 aromatic heterocycles. The Morgan fingerprint density at radius 3 is 2.58 bits per heavy atom. The van der Waals surface area contributed by atoms with Crippen molar-refractivity contribution in [1.82, 2.24) is 24.8 Å². The van der Waals surface area contributed by atoms with Gasteiger partial charge in [0.1, 0.15) is 0 Å². The molecule has 1 aliphatic heterocycles. The van der Waals surface area contributed by atoms with Gasteiger partial charge in [-0.2, -0.15) is 0 Å². The van der Waals surface area contributed by atoms with E-state index in [2.05, 4.69) is 42.4 Å². The standard InChI is InChI=1S/C23H27N7O/c1-17-3-4-19(26-22(31)16-30-13-11-29(2)12-14-30)15-21(17)28-23-25-10-7-20(27-23)18-5-8-24-9-6-18/h3-10,15H,11-14,16H2,1-2H3,(H,26,31)(H,25,27,28). The number of carbonyl (C=O) groups is 1. The number of benzene rings is 1. The molecule has 8 nitrogen and oxygen atoms in total. The third-order valence-corrected chi connectivity index (χ3v) is 5.36. The summed E-state index contributed by atoms with van der Waals surface area (Å²) in [4.78, 5) is 30.0. The number of amides is 1. The van der Waals surface area contributed by atoms with Crippen molar-refractivity contribution >= 4 is 23.2 Å². The Morgan fingerprint density at radius 1 is 1.03 bits per heavy atom. The van der Waals surface area contributed by atoms with Crippen LogP contribution >= 0.6 is 0 Å². The Hall–Kier alpha value is -3.36. The zero-order valence-electron chi connectivity index (χ0n) is 17.9. The van der Waals surface area contributed by atoms with Crippen LogP contribution in [0.1, 0.15) is 5.56 Å². The SMILES string of the molecule is Cc1ccc(NC(=O)CN2CCN(C)CC2)cc1Nc1nccc(-c2ccncc2)n1. The largest absolute Gasteiger partial charge is 0.325 e. The summed E-state index contributed by atoms with van der Waals surface area (Å²) in [7, 11) is 2.11. The molecule has 1 fully saturated rings. The zero-order chi connectivity index (χ0) is 21.6. The van der Waals surface area contributed by atoms with Crippen LogP contribution in [0.4, 0.5) is 17.3 Å². The van der Waals surface area contributed by atoms with Crippen molar-refractivity contribution in [3.05, 3.63) is 60.6 Å². The Kier molecular flexibility index (Phi) is 6.49. The molecule has 2 N–H and O–H groups in total. The molecular formula is C23H27N7O. The third kappa shape index (κ3) is 5.62. The Bertz CT molecular complexity index is 1030. The number of anilines is 3. The molecule has 8 heteroatoms. The molecule has 0 saturated carbocycles. The topological polar surface area (TPSA) is 86.3 Å². The van der Waals surface area contributed by atoms with E-state index in [4.69, 9.17) is 0 Å². The van der Waals surface area contributed by atoms with Crippen LogP contribution < -0.4 is 10.6 Å². The maximum absolute atomic E-state index is 12.5. The number of hydrogen-bond donors (Lipinski definition) is 2. The Balaban J connectivity index is 1.43. The minimum Gasteiger partial charge on any atom is -0.325 e. The van der Waals surface area contributed by atoms with Gasteiger partial charge < -0.3 is 15.5 Å². The summed E-state index contributed by atoms with van der Waals surface area (Å²) in [5, 5.41) is 6.29. The highest BCUT2D eigenvalue weighted by atomic mass is 16.2. The van der Waals surface area contributed by atoms with E-state index >= 15 is 0 Å². The number of nitrogens with one attached hydrogen (secondary N) is 2. The molecule has 0 atom stereocenters. The third-order valence-electron chi connectivity index (χ3n) is 5.36. The molecule has 31 heavy (non-hydrogen) atoms. The van der Waals surface area contributed by atoms with E-state index in [1.54, 1.807) is 18.6 Å². The molecule has 1 aliphatic rings. The lowest BCUT2D eigenvalue weighted by atomic mass is 10.1. The molecule has 1 amide bonds. The average Bonchev–Trinajstić information content (AvgIpc) is 2.78. The molecule has 0 spiro atoms. The first-order valence-electron chi connectivity index (χ1n) is 10.4. The van der Waals surface area contributed by atoms with E-state index in [1.807, 2.05) is 43.3 Å². The number of aromatic nitrogens is 3.